The normalized spacial score (nSPS) is 13.1. The van der Waals surface area contributed by atoms with Crippen LogP contribution in [0.1, 0.15) is 22.3 Å². The highest BCUT2D eigenvalue weighted by Crippen LogP contribution is 2.61. The first kappa shape index (κ1) is 29.9. The van der Waals surface area contributed by atoms with Gasteiger partial charge in [-0.15, -0.1) is 0 Å². The molecule has 0 bridgehead atoms. The molecule has 53 heavy (non-hydrogen) atoms. The molecule has 1 aliphatic carbocycles. The highest BCUT2D eigenvalue weighted by molar-refractivity contribution is 6.20. The second-order valence-electron chi connectivity index (χ2n) is 14.4. The minimum absolute atomic E-state index is 0.559. The van der Waals surface area contributed by atoms with E-state index in [2.05, 4.69) is 206 Å². The van der Waals surface area contributed by atoms with E-state index >= 15 is 0 Å². The van der Waals surface area contributed by atoms with Gasteiger partial charge in [0, 0.05) is 0 Å². The van der Waals surface area contributed by atoms with E-state index in [4.69, 9.17) is 0 Å². The Morgan fingerprint density at radius 1 is 0.283 bits per heavy atom. The molecule has 11 rings (SSSR count). The van der Waals surface area contributed by atoms with Crippen LogP contribution in [0.4, 0.5) is 0 Å². The van der Waals surface area contributed by atoms with E-state index in [1.807, 2.05) is 0 Å². The Kier molecular flexibility index (Phi) is 6.57. The summed E-state index contributed by atoms with van der Waals surface area (Å²) < 4.78 is 0. The van der Waals surface area contributed by atoms with Crippen molar-refractivity contribution in [3.63, 3.8) is 0 Å². The Morgan fingerprint density at radius 2 is 0.774 bits per heavy atom. The molecule has 0 aromatic heterocycles. The van der Waals surface area contributed by atoms with Gasteiger partial charge in [-0.3, -0.25) is 0 Å². The number of hydrogen-bond acceptors (Lipinski definition) is 0. The Labute approximate surface area is 309 Å². The third-order valence-electron chi connectivity index (χ3n) is 11.7. The van der Waals surface area contributed by atoms with E-state index < -0.39 is 5.41 Å². The zero-order valence-electron chi connectivity index (χ0n) is 29.1. The van der Waals surface area contributed by atoms with Crippen LogP contribution in [0.2, 0.25) is 0 Å². The van der Waals surface area contributed by atoms with E-state index in [1.165, 1.54) is 98.7 Å². The van der Waals surface area contributed by atoms with Crippen LogP contribution >= 0.6 is 0 Å². The molecule has 0 fully saturated rings. The molecule has 1 aliphatic rings. The Bertz CT molecular complexity index is 2990. The maximum absolute atomic E-state index is 2.50. The van der Waals surface area contributed by atoms with Gasteiger partial charge in [0.1, 0.15) is 0 Å². The van der Waals surface area contributed by atoms with Gasteiger partial charge in [0.2, 0.25) is 0 Å². The van der Waals surface area contributed by atoms with Gasteiger partial charge in [-0.05, 0) is 111 Å². The monoisotopic (exact) mass is 670 g/mol. The van der Waals surface area contributed by atoms with E-state index in [-0.39, 0.29) is 0 Å². The lowest BCUT2D eigenvalue weighted by Crippen LogP contribution is -2.29. The van der Waals surface area contributed by atoms with Crippen molar-refractivity contribution in [1.82, 2.24) is 0 Å². The molecular formula is C53H34. The van der Waals surface area contributed by atoms with Gasteiger partial charge in [-0.1, -0.05) is 194 Å². The third-order valence-corrected chi connectivity index (χ3v) is 11.7. The predicted octanol–water partition coefficient (Wildman–Crippen LogP) is 14.0. The van der Waals surface area contributed by atoms with Crippen LogP contribution in [0.3, 0.4) is 0 Å². The van der Waals surface area contributed by atoms with Crippen LogP contribution in [-0.4, -0.2) is 0 Å². The molecule has 0 atom stereocenters. The minimum Gasteiger partial charge on any atom is -0.0622 e. The lowest BCUT2D eigenvalue weighted by Gasteiger charge is -2.35. The Balaban J connectivity index is 1.30. The Hall–Kier alpha value is -6.76. The molecule has 0 heteroatoms. The van der Waals surface area contributed by atoms with Gasteiger partial charge in [0.05, 0.1) is 5.41 Å². The van der Waals surface area contributed by atoms with Crippen molar-refractivity contribution >= 4 is 43.1 Å². The molecule has 0 saturated carbocycles. The van der Waals surface area contributed by atoms with Gasteiger partial charge < -0.3 is 0 Å². The molecule has 10 aromatic carbocycles. The number of hydrogen-bond donors (Lipinski definition) is 0. The maximum atomic E-state index is 2.50. The average molecular weight is 671 g/mol. The molecule has 0 N–H and O–H groups in total. The first-order valence-electron chi connectivity index (χ1n) is 18.5. The van der Waals surface area contributed by atoms with Gasteiger partial charge in [-0.2, -0.15) is 0 Å². The molecule has 0 nitrogen and oxygen atoms in total. The van der Waals surface area contributed by atoms with Crippen LogP contribution in [0.15, 0.2) is 206 Å². The fourth-order valence-electron chi connectivity index (χ4n) is 9.50. The number of fused-ring (bicyclic) bond motifs is 10. The van der Waals surface area contributed by atoms with Crippen molar-refractivity contribution in [2.45, 2.75) is 5.41 Å². The smallest absolute Gasteiger partial charge is 0.0622 e. The summed E-state index contributed by atoms with van der Waals surface area (Å²) in [5.74, 6) is 0. The van der Waals surface area contributed by atoms with Crippen molar-refractivity contribution in [2.75, 3.05) is 0 Å². The van der Waals surface area contributed by atoms with Crippen molar-refractivity contribution in [2.24, 2.45) is 0 Å². The molecular weight excluding hydrogens is 637 g/mol. The summed E-state index contributed by atoms with van der Waals surface area (Å²) in [6, 6.07) is 76.8. The van der Waals surface area contributed by atoms with Crippen molar-refractivity contribution < 1.29 is 0 Å². The zero-order valence-corrected chi connectivity index (χ0v) is 29.1. The second-order valence-corrected chi connectivity index (χ2v) is 14.4. The molecule has 0 amide bonds. The standard InChI is InChI=1S/C53H34/c1-3-19-39(20-4-1)53(40-21-5-2-6-22-40)50-34-38(44-28-14-18-36-16-8-10-24-42(36)44)30-32-48(50)51-46-26-12-11-25-45(46)49-33-37(29-31-47(49)52(51)53)43-27-13-17-35-15-7-9-23-41(35)43/h1-34H. The molecule has 0 saturated heterocycles. The highest BCUT2D eigenvalue weighted by atomic mass is 14.5. The topological polar surface area (TPSA) is 0 Å². The van der Waals surface area contributed by atoms with Crippen LogP contribution in [0.25, 0.3) is 76.5 Å². The summed E-state index contributed by atoms with van der Waals surface area (Å²) in [5.41, 5.74) is 12.3. The highest BCUT2D eigenvalue weighted by Gasteiger charge is 2.48. The van der Waals surface area contributed by atoms with E-state index in [0.717, 1.165) is 0 Å². The molecule has 246 valence electrons. The van der Waals surface area contributed by atoms with Crippen molar-refractivity contribution in [3.8, 4) is 33.4 Å². The SMILES string of the molecule is c1ccc(C2(c3ccccc3)c3cc(-c4cccc5ccccc45)ccc3-c3c2c2ccc(-c4cccc5ccccc45)cc2c2ccccc32)cc1. The molecule has 0 radical (unpaired) electrons. The minimum atomic E-state index is -0.559. The lowest BCUT2D eigenvalue weighted by molar-refractivity contribution is 0.776. The number of benzene rings is 10. The van der Waals surface area contributed by atoms with Gasteiger partial charge in [0.15, 0.2) is 0 Å². The maximum Gasteiger partial charge on any atom is 0.0720 e. The quantitative estimate of drug-likeness (QED) is 0.164. The molecule has 0 aliphatic heterocycles. The largest absolute Gasteiger partial charge is 0.0720 e. The summed E-state index contributed by atoms with van der Waals surface area (Å²) in [6.45, 7) is 0. The fraction of sp³-hybridized carbons (Fsp3) is 0.0189. The molecule has 0 unspecified atom stereocenters. The zero-order chi connectivity index (χ0) is 34.9. The summed E-state index contributed by atoms with van der Waals surface area (Å²) in [7, 11) is 0. The van der Waals surface area contributed by atoms with E-state index in [9.17, 15) is 0 Å². The van der Waals surface area contributed by atoms with Gasteiger partial charge in [-0.25, -0.2) is 0 Å². The molecule has 0 heterocycles. The van der Waals surface area contributed by atoms with Crippen molar-refractivity contribution in [3.05, 3.63) is 229 Å². The van der Waals surface area contributed by atoms with Crippen LogP contribution in [0.5, 0.6) is 0 Å². The molecule has 10 aromatic rings. The number of rotatable bonds is 4. The van der Waals surface area contributed by atoms with Gasteiger partial charge in [0.25, 0.3) is 0 Å². The fourth-order valence-corrected chi connectivity index (χ4v) is 9.50. The lowest BCUT2D eigenvalue weighted by atomic mass is 9.66. The van der Waals surface area contributed by atoms with Crippen LogP contribution < -0.4 is 0 Å². The van der Waals surface area contributed by atoms with Crippen LogP contribution in [-0.2, 0) is 5.41 Å². The van der Waals surface area contributed by atoms with E-state index in [1.54, 1.807) is 0 Å². The first-order chi connectivity index (χ1) is 26.3. The molecule has 0 spiro atoms. The average Bonchev–Trinajstić information content (AvgIpc) is 3.55. The van der Waals surface area contributed by atoms with Crippen LogP contribution in [0, 0.1) is 0 Å². The summed E-state index contributed by atoms with van der Waals surface area (Å²) in [5, 5.41) is 10.2. The summed E-state index contributed by atoms with van der Waals surface area (Å²) in [4.78, 5) is 0. The Morgan fingerprint density at radius 3 is 1.40 bits per heavy atom. The first-order valence-corrected chi connectivity index (χ1v) is 18.5. The second kappa shape index (κ2) is 11.6. The third kappa shape index (κ3) is 4.30. The van der Waals surface area contributed by atoms with Gasteiger partial charge >= 0.3 is 0 Å². The van der Waals surface area contributed by atoms with Crippen molar-refractivity contribution in [1.29, 1.82) is 0 Å². The summed E-state index contributed by atoms with van der Waals surface area (Å²) >= 11 is 0. The predicted molar refractivity (Wildman–Crippen MR) is 225 cm³/mol. The van der Waals surface area contributed by atoms with E-state index in [0.29, 0.717) is 0 Å². The summed E-state index contributed by atoms with van der Waals surface area (Å²) in [6.07, 6.45) is 0.